The smallest absolute Gasteiger partial charge is 0.224 e. The first kappa shape index (κ1) is 17.4. The molecule has 0 aliphatic heterocycles. The lowest BCUT2D eigenvalue weighted by Gasteiger charge is -2.17. The van der Waals surface area contributed by atoms with Crippen molar-refractivity contribution in [1.82, 2.24) is 10.3 Å². The molecule has 1 amide bonds. The maximum absolute atomic E-state index is 12.5. The summed E-state index contributed by atoms with van der Waals surface area (Å²) in [5.74, 6) is 0.0203. The van der Waals surface area contributed by atoms with E-state index in [1.54, 1.807) is 11.3 Å². The molecule has 1 N–H and O–H groups in total. The molecule has 2 aromatic carbocycles. The highest BCUT2D eigenvalue weighted by atomic mass is 32.1. The predicted octanol–water partition coefficient (Wildman–Crippen LogP) is 4.15. The molecule has 0 unspecified atom stereocenters. The summed E-state index contributed by atoms with van der Waals surface area (Å²) in [6.45, 7) is 2.09. The van der Waals surface area contributed by atoms with Gasteiger partial charge in [-0.25, -0.2) is 4.98 Å². The minimum absolute atomic E-state index is 0.0203. The monoisotopic (exact) mass is 349 g/mol. The molecule has 0 aliphatic carbocycles. The first-order valence-electron chi connectivity index (χ1n) is 8.47. The number of benzene rings is 2. The van der Waals surface area contributed by atoms with Gasteiger partial charge < -0.3 is 5.32 Å². The van der Waals surface area contributed by atoms with Gasteiger partial charge in [-0.05, 0) is 30.0 Å². The van der Waals surface area contributed by atoms with Crippen LogP contribution in [0.2, 0.25) is 0 Å². The fraction of sp³-hybridized carbons (Fsp3) is 0.238. The van der Waals surface area contributed by atoms with Crippen LogP contribution in [0.25, 0.3) is 0 Å². The third-order valence-electron chi connectivity index (χ3n) is 4.00. The van der Waals surface area contributed by atoms with Crippen molar-refractivity contribution in [2.24, 2.45) is 0 Å². The molecule has 0 saturated heterocycles. The standard InChI is InChI=1S/C21H21N2OS/c1-2-18-15-25-21(22-18)19(13-16-9-5-3-6-10-16)23-20(24)14-17-11-7-4-8-12-17/h4-12,15,19H,2,13-14H2,1H3,(H,23,24)/t19-/m0/s1. The first-order chi connectivity index (χ1) is 12.2. The van der Waals surface area contributed by atoms with Crippen molar-refractivity contribution < 1.29 is 4.79 Å². The Morgan fingerprint density at radius 2 is 1.92 bits per heavy atom. The van der Waals surface area contributed by atoms with Gasteiger partial charge in [0, 0.05) is 5.38 Å². The summed E-state index contributed by atoms with van der Waals surface area (Å²) in [5.41, 5.74) is 3.25. The summed E-state index contributed by atoms with van der Waals surface area (Å²) in [4.78, 5) is 17.2. The summed E-state index contributed by atoms with van der Waals surface area (Å²) in [5, 5.41) is 6.20. The maximum Gasteiger partial charge on any atom is 0.224 e. The molecule has 1 radical (unpaired) electrons. The number of nitrogens with zero attached hydrogens (tertiary/aromatic N) is 1. The number of carbonyl (C=O) groups excluding carboxylic acids is 1. The van der Waals surface area contributed by atoms with Crippen molar-refractivity contribution in [3.63, 3.8) is 0 Å². The lowest BCUT2D eigenvalue weighted by atomic mass is 10.1. The highest BCUT2D eigenvalue weighted by Crippen LogP contribution is 2.23. The number of thiazole rings is 1. The van der Waals surface area contributed by atoms with Gasteiger partial charge in [-0.1, -0.05) is 61.5 Å². The van der Waals surface area contributed by atoms with E-state index < -0.39 is 0 Å². The van der Waals surface area contributed by atoms with E-state index in [1.807, 2.05) is 54.6 Å². The number of rotatable bonds is 7. The number of aromatic nitrogens is 1. The average molecular weight is 349 g/mol. The van der Waals surface area contributed by atoms with Crippen LogP contribution in [0, 0.1) is 6.07 Å². The van der Waals surface area contributed by atoms with Crippen LogP contribution in [0.3, 0.4) is 0 Å². The van der Waals surface area contributed by atoms with E-state index in [4.69, 9.17) is 0 Å². The molecule has 3 aromatic rings. The largest absolute Gasteiger partial charge is 0.346 e. The van der Waals surface area contributed by atoms with Gasteiger partial charge >= 0.3 is 0 Å². The second kappa shape index (κ2) is 8.58. The Morgan fingerprint density at radius 3 is 2.60 bits per heavy atom. The van der Waals surface area contributed by atoms with Crippen molar-refractivity contribution >= 4 is 17.2 Å². The molecule has 127 valence electrons. The Bertz CT molecular complexity index is 799. The number of carbonyl (C=O) groups is 1. The van der Waals surface area contributed by atoms with E-state index in [0.717, 1.165) is 34.7 Å². The van der Waals surface area contributed by atoms with Crippen LogP contribution >= 0.6 is 11.3 Å². The molecule has 3 nitrogen and oxygen atoms in total. The zero-order chi connectivity index (χ0) is 17.5. The molecule has 0 spiro atoms. The maximum atomic E-state index is 12.5. The second-order valence-corrected chi connectivity index (χ2v) is 6.82. The van der Waals surface area contributed by atoms with Crippen LogP contribution in [0.5, 0.6) is 0 Å². The highest BCUT2D eigenvalue weighted by molar-refractivity contribution is 7.09. The minimum atomic E-state index is -0.107. The third kappa shape index (κ3) is 5.00. The topological polar surface area (TPSA) is 42.0 Å². The van der Waals surface area contributed by atoms with Crippen molar-refractivity contribution in [2.45, 2.75) is 32.2 Å². The fourth-order valence-corrected chi connectivity index (χ4v) is 3.62. The zero-order valence-electron chi connectivity index (χ0n) is 14.2. The van der Waals surface area contributed by atoms with E-state index >= 15 is 0 Å². The van der Waals surface area contributed by atoms with E-state index in [-0.39, 0.29) is 11.9 Å². The Kier molecular flexibility index (Phi) is 5.96. The Labute approximate surface area is 152 Å². The summed E-state index contributed by atoms with van der Waals surface area (Å²) >= 11 is 1.62. The van der Waals surface area contributed by atoms with Gasteiger partial charge in [-0.15, -0.1) is 11.3 Å². The van der Waals surface area contributed by atoms with Crippen LogP contribution < -0.4 is 5.32 Å². The van der Waals surface area contributed by atoms with Crippen LogP contribution in [0.1, 0.15) is 34.8 Å². The molecule has 0 aliphatic rings. The average Bonchev–Trinajstić information content (AvgIpc) is 3.12. The van der Waals surface area contributed by atoms with Crippen LogP contribution in [0.15, 0.2) is 60.0 Å². The SMILES string of the molecule is CCc1csc([C@H](Cc2cc[c]cc2)NC(=O)Cc2ccccc2)n1. The van der Waals surface area contributed by atoms with Gasteiger partial charge in [-0.2, -0.15) is 0 Å². The second-order valence-electron chi connectivity index (χ2n) is 5.93. The molecular weight excluding hydrogens is 328 g/mol. The van der Waals surface area contributed by atoms with E-state index in [9.17, 15) is 4.79 Å². The number of aryl methyl sites for hydroxylation is 1. The van der Waals surface area contributed by atoms with Gasteiger partial charge in [0.25, 0.3) is 0 Å². The van der Waals surface area contributed by atoms with Crippen LogP contribution in [-0.4, -0.2) is 10.9 Å². The van der Waals surface area contributed by atoms with Gasteiger partial charge in [0.1, 0.15) is 5.01 Å². The van der Waals surface area contributed by atoms with Crippen LogP contribution in [-0.2, 0) is 24.1 Å². The van der Waals surface area contributed by atoms with E-state index in [0.29, 0.717) is 6.42 Å². The molecule has 4 heteroatoms. The number of nitrogens with one attached hydrogen (secondary N) is 1. The van der Waals surface area contributed by atoms with Gasteiger partial charge in [0.05, 0.1) is 18.2 Å². The molecule has 1 aromatic heterocycles. The predicted molar refractivity (Wildman–Crippen MR) is 102 cm³/mol. The number of amides is 1. The third-order valence-corrected chi connectivity index (χ3v) is 5.01. The van der Waals surface area contributed by atoms with Gasteiger partial charge in [0.15, 0.2) is 0 Å². The van der Waals surface area contributed by atoms with Crippen molar-refractivity contribution in [1.29, 1.82) is 0 Å². The Hall–Kier alpha value is -2.46. The van der Waals surface area contributed by atoms with E-state index in [1.165, 1.54) is 0 Å². The lowest BCUT2D eigenvalue weighted by molar-refractivity contribution is -0.121. The summed E-state index contributed by atoms with van der Waals surface area (Å²) in [6, 6.07) is 20.6. The van der Waals surface area contributed by atoms with Gasteiger partial charge in [-0.3, -0.25) is 4.79 Å². The van der Waals surface area contributed by atoms with E-state index in [2.05, 4.69) is 28.7 Å². The molecule has 1 atom stereocenters. The molecular formula is C21H21N2OS. The van der Waals surface area contributed by atoms with Crippen molar-refractivity contribution in [3.05, 3.63) is 87.9 Å². The highest BCUT2D eigenvalue weighted by Gasteiger charge is 2.19. The lowest BCUT2D eigenvalue weighted by Crippen LogP contribution is -2.31. The molecule has 0 fully saturated rings. The fourth-order valence-electron chi connectivity index (χ4n) is 2.66. The quantitative estimate of drug-likeness (QED) is 0.696. The first-order valence-corrected chi connectivity index (χ1v) is 9.35. The van der Waals surface area contributed by atoms with Gasteiger partial charge in [0.2, 0.25) is 5.91 Å². The zero-order valence-corrected chi connectivity index (χ0v) is 15.1. The molecule has 1 heterocycles. The molecule has 3 rings (SSSR count). The Balaban J connectivity index is 1.74. The number of hydrogen-bond donors (Lipinski definition) is 1. The number of hydrogen-bond acceptors (Lipinski definition) is 3. The Morgan fingerprint density at radius 1 is 1.16 bits per heavy atom. The van der Waals surface area contributed by atoms with Crippen molar-refractivity contribution in [3.8, 4) is 0 Å². The molecule has 0 saturated carbocycles. The molecule has 25 heavy (non-hydrogen) atoms. The normalized spacial score (nSPS) is 11.9. The van der Waals surface area contributed by atoms with Crippen molar-refractivity contribution in [2.75, 3.05) is 0 Å². The minimum Gasteiger partial charge on any atom is -0.346 e. The summed E-state index contributed by atoms with van der Waals surface area (Å²) < 4.78 is 0. The summed E-state index contributed by atoms with van der Waals surface area (Å²) in [6.07, 6.45) is 2.01. The van der Waals surface area contributed by atoms with Crippen LogP contribution in [0.4, 0.5) is 0 Å². The summed E-state index contributed by atoms with van der Waals surface area (Å²) in [7, 11) is 0. The molecule has 0 bridgehead atoms.